The normalized spacial score (nSPS) is 20.0. The van der Waals surface area contributed by atoms with Gasteiger partial charge in [-0.15, -0.1) is 0 Å². The SMILES string of the molecule is NC(=O)[C@H](C[C@@H]1CCCNC1=O)NC(=O)[C@H](CC1CC1)NC(=O)c1cc2cccc(Cl)c2[nH]1. The minimum Gasteiger partial charge on any atom is -0.368 e. The summed E-state index contributed by atoms with van der Waals surface area (Å²) in [4.78, 5) is 53.1. The summed E-state index contributed by atoms with van der Waals surface area (Å²) >= 11 is 6.19. The molecule has 4 amide bonds. The van der Waals surface area contributed by atoms with Crippen molar-refractivity contribution >= 4 is 46.1 Å². The van der Waals surface area contributed by atoms with E-state index in [2.05, 4.69) is 20.9 Å². The van der Waals surface area contributed by atoms with Gasteiger partial charge in [-0.05, 0) is 43.7 Å². The maximum atomic E-state index is 13.1. The van der Waals surface area contributed by atoms with E-state index in [1.807, 2.05) is 6.07 Å². The van der Waals surface area contributed by atoms with Gasteiger partial charge in [0.1, 0.15) is 17.8 Å². The molecule has 1 aromatic carbocycles. The Balaban J connectivity index is 1.45. The number of halogens is 1. The van der Waals surface area contributed by atoms with Crippen molar-refractivity contribution in [3.8, 4) is 0 Å². The van der Waals surface area contributed by atoms with E-state index < -0.39 is 29.8 Å². The molecule has 1 aliphatic heterocycles. The number of piperidine rings is 1. The fraction of sp³-hybridized carbons (Fsp3) is 0.478. The van der Waals surface area contributed by atoms with Gasteiger partial charge in [0.25, 0.3) is 5.91 Å². The lowest BCUT2D eigenvalue weighted by Gasteiger charge is -2.27. The van der Waals surface area contributed by atoms with Gasteiger partial charge in [0.15, 0.2) is 0 Å². The minimum atomic E-state index is -0.989. The minimum absolute atomic E-state index is 0.136. The maximum Gasteiger partial charge on any atom is 0.268 e. The lowest BCUT2D eigenvalue weighted by molar-refractivity contribution is -0.131. The van der Waals surface area contributed by atoms with Crippen molar-refractivity contribution in [1.82, 2.24) is 20.9 Å². The number of amides is 4. The van der Waals surface area contributed by atoms with E-state index in [1.54, 1.807) is 18.2 Å². The summed E-state index contributed by atoms with van der Waals surface area (Å²) < 4.78 is 0. The summed E-state index contributed by atoms with van der Waals surface area (Å²) in [5.41, 5.74) is 6.46. The van der Waals surface area contributed by atoms with Gasteiger partial charge in [0.05, 0.1) is 10.5 Å². The molecule has 4 rings (SSSR count). The third-order valence-electron chi connectivity index (χ3n) is 6.32. The second-order valence-electron chi connectivity index (χ2n) is 8.92. The average Bonchev–Trinajstić information content (AvgIpc) is 3.48. The molecular formula is C23H28ClN5O4. The Morgan fingerprint density at radius 3 is 2.58 bits per heavy atom. The molecule has 1 aliphatic carbocycles. The fourth-order valence-corrected chi connectivity index (χ4v) is 4.49. The topological polar surface area (TPSA) is 146 Å². The first kappa shape index (κ1) is 23.1. The third-order valence-corrected chi connectivity index (χ3v) is 6.63. The van der Waals surface area contributed by atoms with E-state index in [-0.39, 0.29) is 23.9 Å². The van der Waals surface area contributed by atoms with Crippen LogP contribution >= 0.6 is 11.6 Å². The number of carbonyl (C=O) groups excluding carboxylic acids is 4. The molecule has 10 heteroatoms. The summed E-state index contributed by atoms with van der Waals surface area (Å²) in [6.45, 7) is 0.609. The van der Waals surface area contributed by atoms with Crippen LogP contribution in [0.25, 0.3) is 10.9 Å². The number of benzene rings is 1. The molecule has 0 unspecified atom stereocenters. The number of nitrogens with two attached hydrogens (primary N) is 1. The molecule has 3 atom stereocenters. The van der Waals surface area contributed by atoms with E-state index in [9.17, 15) is 19.2 Å². The lowest BCUT2D eigenvalue weighted by atomic mass is 9.91. The Labute approximate surface area is 196 Å². The zero-order valence-electron chi connectivity index (χ0n) is 18.2. The van der Waals surface area contributed by atoms with Gasteiger partial charge in [0, 0.05) is 17.8 Å². The Kier molecular flexibility index (Phi) is 6.88. The zero-order valence-corrected chi connectivity index (χ0v) is 18.9. The van der Waals surface area contributed by atoms with E-state index in [0.29, 0.717) is 35.8 Å². The molecule has 0 bridgehead atoms. The van der Waals surface area contributed by atoms with Gasteiger partial charge in [-0.1, -0.05) is 36.6 Å². The largest absolute Gasteiger partial charge is 0.368 e. The highest BCUT2D eigenvalue weighted by atomic mass is 35.5. The smallest absolute Gasteiger partial charge is 0.268 e. The molecule has 176 valence electrons. The molecule has 9 nitrogen and oxygen atoms in total. The quantitative estimate of drug-likeness (QED) is 0.376. The van der Waals surface area contributed by atoms with Gasteiger partial charge in [-0.2, -0.15) is 0 Å². The van der Waals surface area contributed by atoms with Crippen LogP contribution in [0.1, 0.15) is 49.0 Å². The highest BCUT2D eigenvalue weighted by molar-refractivity contribution is 6.35. The molecule has 0 radical (unpaired) electrons. The van der Waals surface area contributed by atoms with Crippen LogP contribution in [-0.4, -0.2) is 47.2 Å². The van der Waals surface area contributed by atoms with Crippen molar-refractivity contribution in [1.29, 1.82) is 0 Å². The van der Waals surface area contributed by atoms with Crippen molar-refractivity contribution in [2.24, 2.45) is 17.6 Å². The van der Waals surface area contributed by atoms with Crippen LogP contribution < -0.4 is 21.7 Å². The maximum absolute atomic E-state index is 13.1. The number of hydrogen-bond donors (Lipinski definition) is 5. The number of carbonyl (C=O) groups is 4. The molecule has 1 saturated heterocycles. The van der Waals surface area contributed by atoms with Crippen LogP contribution in [0, 0.1) is 11.8 Å². The van der Waals surface area contributed by atoms with Crippen LogP contribution in [0.5, 0.6) is 0 Å². The van der Waals surface area contributed by atoms with Gasteiger partial charge < -0.3 is 26.7 Å². The molecule has 6 N–H and O–H groups in total. The molecule has 33 heavy (non-hydrogen) atoms. The highest BCUT2D eigenvalue weighted by Gasteiger charge is 2.34. The number of H-pyrrole nitrogens is 1. The van der Waals surface area contributed by atoms with Crippen molar-refractivity contribution in [3.05, 3.63) is 35.0 Å². The predicted molar refractivity (Wildman–Crippen MR) is 123 cm³/mol. The number of para-hydroxylation sites is 1. The predicted octanol–water partition coefficient (Wildman–Crippen LogP) is 1.61. The molecule has 2 fully saturated rings. The number of rotatable bonds is 9. The van der Waals surface area contributed by atoms with Crippen LogP contribution in [0.3, 0.4) is 0 Å². The molecule has 2 heterocycles. The first-order valence-corrected chi connectivity index (χ1v) is 11.6. The van der Waals surface area contributed by atoms with Crippen LogP contribution in [0.4, 0.5) is 0 Å². The Bertz CT molecular complexity index is 1080. The summed E-state index contributed by atoms with van der Waals surface area (Å²) in [7, 11) is 0. The highest BCUT2D eigenvalue weighted by Crippen LogP contribution is 2.34. The standard InChI is InChI=1S/C23H28ClN5O4/c24-15-5-1-3-13-10-18(27-19(13)15)23(33)29-17(9-12-6-7-12)22(32)28-16(20(25)30)11-14-4-2-8-26-21(14)31/h1,3,5,10,12,14,16-17,27H,2,4,6-9,11H2,(H2,25,30)(H,26,31)(H,28,32)(H,29,33)/t14-,16-,17-/m0/s1. The molecular weight excluding hydrogens is 446 g/mol. The van der Waals surface area contributed by atoms with Gasteiger partial charge in [-0.25, -0.2) is 0 Å². The Morgan fingerprint density at radius 2 is 1.91 bits per heavy atom. The van der Waals surface area contributed by atoms with E-state index >= 15 is 0 Å². The van der Waals surface area contributed by atoms with Gasteiger partial charge in [0.2, 0.25) is 17.7 Å². The first-order valence-electron chi connectivity index (χ1n) is 11.3. The van der Waals surface area contributed by atoms with Crippen molar-refractivity contribution in [3.63, 3.8) is 0 Å². The van der Waals surface area contributed by atoms with Crippen LogP contribution in [-0.2, 0) is 14.4 Å². The third kappa shape index (κ3) is 5.65. The molecule has 1 saturated carbocycles. The second-order valence-corrected chi connectivity index (χ2v) is 9.33. The monoisotopic (exact) mass is 473 g/mol. The van der Waals surface area contributed by atoms with E-state index in [4.69, 9.17) is 17.3 Å². The summed E-state index contributed by atoms with van der Waals surface area (Å²) in [5.74, 6) is -1.81. The molecule has 1 aromatic heterocycles. The van der Waals surface area contributed by atoms with Crippen molar-refractivity contribution in [2.45, 2.75) is 50.6 Å². The summed E-state index contributed by atoms with van der Waals surface area (Å²) in [5, 5.41) is 9.51. The molecule has 2 aromatic rings. The van der Waals surface area contributed by atoms with E-state index in [1.165, 1.54) is 0 Å². The number of aromatic amines is 1. The Hall–Kier alpha value is -3.07. The lowest BCUT2D eigenvalue weighted by Crippen LogP contribution is -2.54. The van der Waals surface area contributed by atoms with E-state index in [0.717, 1.165) is 24.6 Å². The van der Waals surface area contributed by atoms with Crippen LogP contribution in [0.2, 0.25) is 5.02 Å². The van der Waals surface area contributed by atoms with Crippen LogP contribution in [0.15, 0.2) is 24.3 Å². The van der Waals surface area contributed by atoms with Gasteiger partial charge >= 0.3 is 0 Å². The zero-order chi connectivity index (χ0) is 23.5. The van der Waals surface area contributed by atoms with Crippen molar-refractivity contribution < 1.29 is 19.2 Å². The fourth-order valence-electron chi connectivity index (χ4n) is 4.26. The number of aromatic nitrogens is 1. The second kappa shape index (κ2) is 9.82. The average molecular weight is 474 g/mol. The van der Waals surface area contributed by atoms with Crippen molar-refractivity contribution in [2.75, 3.05) is 6.54 Å². The number of fused-ring (bicyclic) bond motifs is 1. The summed E-state index contributed by atoms with van der Waals surface area (Å²) in [6, 6.07) is 5.21. The molecule has 2 aliphatic rings. The summed E-state index contributed by atoms with van der Waals surface area (Å²) in [6.07, 6.45) is 4.03. The first-order chi connectivity index (χ1) is 15.8. The number of hydrogen-bond acceptors (Lipinski definition) is 4. The number of primary amides is 1. The molecule has 0 spiro atoms. The Morgan fingerprint density at radius 1 is 1.12 bits per heavy atom. The van der Waals surface area contributed by atoms with Gasteiger partial charge in [-0.3, -0.25) is 19.2 Å². The number of nitrogens with one attached hydrogen (secondary N) is 4.